The van der Waals surface area contributed by atoms with Crippen molar-refractivity contribution in [3.63, 3.8) is 0 Å². The van der Waals surface area contributed by atoms with Gasteiger partial charge in [-0.05, 0) is 65.5 Å². The molecule has 0 amide bonds. The highest BCUT2D eigenvalue weighted by molar-refractivity contribution is 9.10. The van der Waals surface area contributed by atoms with Gasteiger partial charge in [0, 0.05) is 6.04 Å². The smallest absolute Gasteiger partial charge is 0.137 e. The molecule has 0 saturated carbocycles. The van der Waals surface area contributed by atoms with Crippen LogP contribution in [0.4, 0.5) is 4.39 Å². The molecule has 106 valence electrons. The van der Waals surface area contributed by atoms with E-state index < -0.39 is 0 Å². The molecule has 0 radical (unpaired) electrons. The Balaban J connectivity index is 1.93. The van der Waals surface area contributed by atoms with Gasteiger partial charge < -0.3 is 5.32 Å². The molecule has 0 aliphatic heterocycles. The summed E-state index contributed by atoms with van der Waals surface area (Å²) in [4.78, 5) is 0. The maximum absolute atomic E-state index is 13.6. The molecule has 2 aromatic rings. The first-order valence-electron chi connectivity index (χ1n) is 6.87. The van der Waals surface area contributed by atoms with Gasteiger partial charge in [-0.3, -0.25) is 0 Å². The summed E-state index contributed by atoms with van der Waals surface area (Å²) in [5.41, 5.74) is 2.35. The summed E-state index contributed by atoms with van der Waals surface area (Å²) in [6.07, 6.45) is 3.12. The van der Waals surface area contributed by atoms with Gasteiger partial charge >= 0.3 is 0 Å². The number of benzene rings is 2. The summed E-state index contributed by atoms with van der Waals surface area (Å²) in [5.74, 6) is -0.203. The predicted molar refractivity (Wildman–Crippen MR) is 85.3 cm³/mol. The van der Waals surface area contributed by atoms with Crippen LogP contribution in [0.1, 0.15) is 30.0 Å². The molecule has 1 unspecified atom stereocenters. The Morgan fingerprint density at radius 2 is 1.90 bits per heavy atom. The molecule has 1 nitrogen and oxygen atoms in total. The van der Waals surface area contributed by atoms with Gasteiger partial charge in [-0.25, -0.2) is 4.39 Å². The lowest BCUT2D eigenvalue weighted by atomic mass is 9.99. The van der Waals surface area contributed by atoms with Crippen molar-refractivity contribution < 1.29 is 4.39 Å². The van der Waals surface area contributed by atoms with E-state index in [0.29, 0.717) is 4.47 Å². The lowest BCUT2D eigenvalue weighted by Gasteiger charge is -2.17. The molecule has 0 aliphatic rings. The second-order valence-electron chi connectivity index (χ2n) is 4.89. The Bertz CT molecular complexity index is 542. The van der Waals surface area contributed by atoms with Crippen LogP contribution in [0.25, 0.3) is 0 Å². The largest absolute Gasteiger partial charge is 0.313 e. The molecule has 0 aromatic heterocycles. The summed E-state index contributed by atoms with van der Waals surface area (Å²) in [7, 11) is 1.92. The second-order valence-corrected chi connectivity index (χ2v) is 5.75. The molecule has 0 aliphatic carbocycles. The third kappa shape index (κ3) is 4.15. The summed E-state index contributed by atoms with van der Waals surface area (Å²) in [6.45, 7) is 0. The van der Waals surface area contributed by atoms with E-state index in [4.69, 9.17) is 0 Å². The highest BCUT2D eigenvalue weighted by Gasteiger charge is 2.11. The van der Waals surface area contributed by atoms with Crippen LogP contribution in [0.5, 0.6) is 0 Å². The summed E-state index contributed by atoms with van der Waals surface area (Å²) < 4.78 is 14.1. The number of rotatable bonds is 6. The van der Waals surface area contributed by atoms with Crippen LogP contribution < -0.4 is 5.32 Å². The zero-order valence-electron chi connectivity index (χ0n) is 11.6. The van der Waals surface area contributed by atoms with Crippen molar-refractivity contribution in [2.45, 2.75) is 25.3 Å². The molecule has 1 atom stereocenters. The van der Waals surface area contributed by atoms with E-state index in [1.807, 2.05) is 19.2 Å². The van der Waals surface area contributed by atoms with Gasteiger partial charge in [-0.2, -0.15) is 0 Å². The van der Waals surface area contributed by atoms with Crippen molar-refractivity contribution in [1.82, 2.24) is 5.32 Å². The van der Waals surface area contributed by atoms with Crippen molar-refractivity contribution in [3.05, 3.63) is 69.9 Å². The van der Waals surface area contributed by atoms with Crippen molar-refractivity contribution in [2.75, 3.05) is 7.05 Å². The number of hydrogen-bond donors (Lipinski definition) is 1. The third-order valence-corrected chi connectivity index (χ3v) is 4.14. The molecule has 1 N–H and O–H groups in total. The average molecular weight is 336 g/mol. The van der Waals surface area contributed by atoms with Gasteiger partial charge in [0.15, 0.2) is 0 Å². The van der Waals surface area contributed by atoms with Crippen molar-refractivity contribution in [1.29, 1.82) is 0 Å². The minimum absolute atomic E-state index is 0.196. The predicted octanol–water partition coefficient (Wildman–Crippen LogP) is 4.87. The summed E-state index contributed by atoms with van der Waals surface area (Å²) in [5, 5.41) is 3.27. The van der Waals surface area contributed by atoms with Crippen LogP contribution in [0, 0.1) is 5.82 Å². The Morgan fingerprint density at radius 1 is 1.15 bits per heavy atom. The number of halogens is 2. The molecule has 0 spiro atoms. The molecule has 3 heteroatoms. The highest BCUT2D eigenvalue weighted by Crippen LogP contribution is 2.24. The highest BCUT2D eigenvalue weighted by atomic mass is 79.9. The first-order chi connectivity index (χ1) is 9.70. The summed E-state index contributed by atoms with van der Waals surface area (Å²) in [6, 6.07) is 16.0. The fraction of sp³-hybridized carbons (Fsp3) is 0.294. The van der Waals surface area contributed by atoms with Gasteiger partial charge in [-0.1, -0.05) is 36.4 Å². The maximum atomic E-state index is 13.6. The zero-order valence-corrected chi connectivity index (χ0v) is 13.2. The molecule has 0 heterocycles. The molecular weight excluding hydrogens is 317 g/mol. The van der Waals surface area contributed by atoms with E-state index in [1.165, 1.54) is 5.56 Å². The van der Waals surface area contributed by atoms with Crippen LogP contribution in [-0.2, 0) is 6.42 Å². The minimum Gasteiger partial charge on any atom is -0.313 e. The third-order valence-electron chi connectivity index (χ3n) is 3.50. The number of nitrogens with one attached hydrogen (secondary N) is 1. The molecule has 0 bridgehead atoms. The molecule has 2 rings (SSSR count). The SMILES string of the molecule is CNC(CCCc1ccccc1)c1ccc(Br)c(F)c1. The fourth-order valence-electron chi connectivity index (χ4n) is 2.36. The molecule has 0 saturated heterocycles. The first-order valence-corrected chi connectivity index (χ1v) is 7.66. The van der Waals surface area contributed by atoms with Gasteiger partial charge in [0.1, 0.15) is 5.82 Å². The molecule has 20 heavy (non-hydrogen) atoms. The quantitative estimate of drug-likeness (QED) is 0.793. The molecule has 0 fully saturated rings. The minimum atomic E-state index is -0.203. The van der Waals surface area contributed by atoms with Gasteiger partial charge in [0.05, 0.1) is 4.47 Å². The van der Waals surface area contributed by atoms with Crippen LogP contribution in [-0.4, -0.2) is 7.05 Å². The van der Waals surface area contributed by atoms with Crippen LogP contribution in [0.2, 0.25) is 0 Å². The molecular formula is C17H19BrFN. The Morgan fingerprint density at radius 3 is 2.55 bits per heavy atom. The van der Waals surface area contributed by atoms with Crippen molar-refractivity contribution in [3.8, 4) is 0 Å². The van der Waals surface area contributed by atoms with Gasteiger partial charge in [0.25, 0.3) is 0 Å². The normalized spacial score (nSPS) is 12.3. The van der Waals surface area contributed by atoms with Crippen LogP contribution in [0.15, 0.2) is 53.0 Å². The Hall–Kier alpha value is -1.19. The van der Waals surface area contributed by atoms with Crippen LogP contribution >= 0.6 is 15.9 Å². The van der Waals surface area contributed by atoms with Crippen LogP contribution in [0.3, 0.4) is 0 Å². The fourth-order valence-corrected chi connectivity index (χ4v) is 2.61. The number of aryl methyl sites for hydroxylation is 1. The lowest BCUT2D eigenvalue weighted by molar-refractivity contribution is 0.521. The van der Waals surface area contributed by atoms with Crippen molar-refractivity contribution in [2.24, 2.45) is 0 Å². The Kier molecular flexibility index (Phi) is 5.74. The summed E-state index contributed by atoms with van der Waals surface area (Å²) >= 11 is 3.19. The number of hydrogen-bond acceptors (Lipinski definition) is 1. The standard InChI is InChI=1S/C17H19BrFN/c1-20-17(14-10-11-15(18)16(19)12-14)9-5-8-13-6-3-2-4-7-13/h2-4,6-7,10-12,17,20H,5,8-9H2,1H3. The topological polar surface area (TPSA) is 12.0 Å². The van der Waals surface area contributed by atoms with E-state index in [0.717, 1.165) is 24.8 Å². The molecule has 2 aromatic carbocycles. The monoisotopic (exact) mass is 335 g/mol. The maximum Gasteiger partial charge on any atom is 0.137 e. The van der Waals surface area contributed by atoms with E-state index >= 15 is 0 Å². The first kappa shape index (κ1) is 15.2. The Labute approximate surface area is 128 Å². The average Bonchev–Trinajstić information content (AvgIpc) is 2.48. The van der Waals surface area contributed by atoms with E-state index in [-0.39, 0.29) is 11.9 Å². The van der Waals surface area contributed by atoms with Crippen molar-refractivity contribution >= 4 is 15.9 Å². The van der Waals surface area contributed by atoms with Gasteiger partial charge in [-0.15, -0.1) is 0 Å². The zero-order chi connectivity index (χ0) is 14.4. The lowest BCUT2D eigenvalue weighted by Crippen LogP contribution is -2.16. The van der Waals surface area contributed by atoms with E-state index in [1.54, 1.807) is 12.1 Å². The van der Waals surface area contributed by atoms with Gasteiger partial charge in [0.2, 0.25) is 0 Å². The second kappa shape index (κ2) is 7.55. The van der Waals surface area contributed by atoms with E-state index in [2.05, 4.69) is 45.5 Å². The van der Waals surface area contributed by atoms with E-state index in [9.17, 15) is 4.39 Å².